The highest BCUT2D eigenvalue weighted by atomic mass is 15.0. The van der Waals surface area contributed by atoms with Crippen LogP contribution < -0.4 is 10.6 Å². The lowest BCUT2D eigenvalue weighted by atomic mass is 9.73. The zero-order valence-electron chi connectivity index (χ0n) is 9.06. The van der Waals surface area contributed by atoms with Crippen LogP contribution in [-0.2, 0) is 0 Å². The van der Waals surface area contributed by atoms with Crippen molar-refractivity contribution in [1.82, 2.24) is 10.6 Å². The van der Waals surface area contributed by atoms with Crippen LogP contribution in [0.4, 0.5) is 0 Å². The van der Waals surface area contributed by atoms with Crippen LogP contribution in [0.25, 0.3) is 0 Å². The highest BCUT2D eigenvalue weighted by Gasteiger charge is 2.41. The molecule has 0 saturated carbocycles. The Balaban J connectivity index is 2.10. The summed E-state index contributed by atoms with van der Waals surface area (Å²) in [6.07, 6.45) is 2.68. The Morgan fingerprint density at radius 3 is 2.38 bits per heavy atom. The maximum Gasteiger partial charge on any atom is 0.0159 e. The number of hydrogen-bond donors (Lipinski definition) is 2. The van der Waals surface area contributed by atoms with Crippen molar-refractivity contribution in [2.24, 2.45) is 11.3 Å². The molecule has 3 atom stereocenters. The molecule has 0 bridgehead atoms. The van der Waals surface area contributed by atoms with Crippen molar-refractivity contribution in [2.75, 3.05) is 13.1 Å². The van der Waals surface area contributed by atoms with Gasteiger partial charge in [0.15, 0.2) is 0 Å². The molecule has 0 aromatic heterocycles. The van der Waals surface area contributed by atoms with Crippen LogP contribution in [0.3, 0.4) is 0 Å². The lowest BCUT2D eigenvalue weighted by Crippen LogP contribution is -2.54. The van der Waals surface area contributed by atoms with Gasteiger partial charge in [-0.05, 0) is 37.3 Å². The summed E-state index contributed by atoms with van der Waals surface area (Å²) in [5.74, 6) is 0.869. The molecule has 2 nitrogen and oxygen atoms in total. The highest BCUT2D eigenvalue weighted by molar-refractivity contribution is 4.99. The Morgan fingerprint density at radius 1 is 1.00 bits per heavy atom. The van der Waals surface area contributed by atoms with Crippen LogP contribution in [0.2, 0.25) is 0 Å². The first-order valence-electron chi connectivity index (χ1n) is 5.56. The average molecular weight is 182 g/mol. The molecule has 2 aliphatic rings. The van der Waals surface area contributed by atoms with Crippen LogP contribution in [0.15, 0.2) is 0 Å². The van der Waals surface area contributed by atoms with E-state index in [2.05, 4.69) is 31.4 Å². The molecule has 2 heteroatoms. The van der Waals surface area contributed by atoms with E-state index in [4.69, 9.17) is 0 Å². The fourth-order valence-corrected chi connectivity index (χ4v) is 3.00. The molecule has 2 heterocycles. The van der Waals surface area contributed by atoms with Gasteiger partial charge < -0.3 is 10.6 Å². The van der Waals surface area contributed by atoms with E-state index >= 15 is 0 Å². The van der Waals surface area contributed by atoms with Crippen LogP contribution in [0.5, 0.6) is 0 Å². The van der Waals surface area contributed by atoms with Gasteiger partial charge in [-0.15, -0.1) is 0 Å². The van der Waals surface area contributed by atoms with E-state index in [1.165, 1.54) is 25.9 Å². The van der Waals surface area contributed by atoms with Crippen LogP contribution in [-0.4, -0.2) is 25.2 Å². The molecule has 1 unspecified atom stereocenters. The van der Waals surface area contributed by atoms with Crippen molar-refractivity contribution < 1.29 is 0 Å². The van der Waals surface area contributed by atoms with Crippen LogP contribution in [0, 0.1) is 11.3 Å². The van der Waals surface area contributed by atoms with Crippen molar-refractivity contribution in [3.63, 3.8) is 0 Å². The third kappa shape index (κ3) is 1.75. The standard InChI is InChI=1S/C11H22N2/c1-11(2,3)10-8-4-6-12-9(8)5-7-13-10/h8-10,12-13H,4-7H2,1-3H3/t8-,9-,10?/m1/s1. The maximum atomic E-state index is 3.69. The van der Waals surface area contributed by atoms with Gasteiger partial charge in [0.25, 0.3) is 0 Å². The van der Waals surface area contributed by atoms with E-state index in [-0.39, 0.29) is 0 Å². The number of fused-ring (bicyclic) bond motifs is 1. The molecule has 13 heavy (non-hydrogen) atoms. The monoisotopic (exact) mass is 182 g/mol. The Bertz CT molecular complexity index is 183. The number of nitrogens with one attached hydrogen (secondary N) is 2. The van der Waals surface area contributed by atoms with E-state index in [1.54, 1.807) is 0 Å². The van der Waals surface area contributed by atoms with Gasteiger partial charge in [-0.3, -0.25) is 0 Å². The van der Waals surface area contributed by atoms with Crippen molar-refractivity contribution in [3.05, 3.63) is 0 Å². The van der Waals surface area contributed by atoms with Crippen molar-refractivity contribution in [3.8, 4) is 0 Å². The summed E-state index contributed by atoms with van der Waals surface area (Å²) in [6.45, 7) is 9.47. The van der Waals surface area contributed by atoms with E-state index in [0.29, 0.717) is 11.5 Å². The predicted molar refractivity (Wildman–Crippen MR) is 55.8 cm³/mol. The molecule has 2 fully saturated rings. The van der Waals surface area contributed by atoms with E-state index < -0.39 is 0 Å². The predicted octanol–water partition coefficient (Wildman–Crippen LogP) is 1.37. The Morgan fingerprint density at radius 2 is 1.69 bits per heavy atom. The van der Waals surface area contributed by atoms with E-state index in [0.717, 1.165) is 12.0 Å². The minimum absolute atomic E-state index is 0.412. The highest BCUT2D eigenvalue weighted by Crippen LogP contribution is 2.34. The van der Waals surface area contributed by atoms with Gasteiger partial charge in [-0.2, -0.15) is 0 Å². The van der Waals surface area contributed by atoms with E-state index in [9.17, 15) is 0 Å². The van der Waals surface area contributed by atoms with Gasteiger partial charge >= 0.3 is 0 Å². The molecule has 0 aromatic rings. The summed E-state index contributed by atoms with van der Waals surface area (Å²) in [5, 5.41) is 7.31. The Labute approximate surface area is 81.5 Å². The topological polar surface area (TPSA) is 24.1 Å². The molecule has 2 aliphatic heterocycles. The van der Waals surface area contributed by atoms with Gasteiger partial charge in [0, 0.05) is 12.1 Å². The first kappa shape index (κ1) is 9.47. The smallest absolute Gasteiger partial charge is 0.0159 e. The molecule has 0 amide bonds. The molecule has 0 aromatic carbocycles. The van der Waals surface area contributed by atoms with Gasteiger partial charge in [0.05, 0.1) is 0 Å². The molecule has 0 spiro atoms. The lowest BCUT2D eigenvalue weighted by molar-refractivity contribution is 0.147. The Hall–Kier alpha value is -0.0800. The molecule has 2 saturated heterocycles. The fraction of sp³-hybridized carbons (Fsp3) is 1.00. The molecule has 2 rings (SSSR count). The van der Waals surface area contributed by atoms with Crippen molar-refractivity contribution >= 4 is 0 Å². The third-order valence-electron chi connectivity index (χ3n) is 3.58. The number of hydrogen-bond acceptors (Lipinski definition) is 2. The normalized spacial score (nSPS) is 40.4. The number of rotatable bonds is 0. The first-order valence-corrected chi connectivity index (χ1v) is 5.56. The lowest BCUT2D eigenvalue weighted by Gasteiger charge is -2.42. The number of piperidine rings is 1. The van der Waals surface area contributed by atoms with Gasteiger partial charge in [0.2, 0.25) is 0 Å². The van der Waals surface area contributed by atoms with Gasteiger partial charge in [-0.25, -0.2) is 0 Å². The largest absolute Gasteiger partial charge is 0.314 e. The zero-order valence-corrected chi connectivity index (χ0v) is 9.06. The Kier molecular flexibility index (Phi) is 2.37. The second-order valence-corrected chi connectivity index (χ2v) is 5.60. The van der Waals surface area contributed by atoms with Crippen LogP contribution in [0.1, 0.15) is 33.6 Å². The first-order chi connectivity index (χ1) is 6.09. The SMILES string of the molecule is CC(C)(C)C1NCC[C@H]2NCC[C@@H]12. The summed E-state index contributed by atoms with van der Waals surface area (Å²) >= 11 is 0. The quantitative estimate of drug-likeness (QED) is 0.591. The third-order valence-corrected chi connectivity index (χ3v) is 3.58. The molecular weight excluding hydrogens is 160 g/mol. The van der Waals surface area contributed by atoms with Gasteiger partial charge in [0.1, 0.15) is 0 Å². The van der Waals surface area contributed by atoms with Crippen LogP contribution >= 0.6 is 0 Å². The average Bonchev–Trinajstić information content (AvgIpc) is 2.48. The molecule has 0 radical (unpaired) electrons. The molecule has 76 valence electrons. The summed E-state index contributed by atoms with van der Waals surface area (Å²) < 4.78 is 0. The summed E-state index contributed by atoms with van der Waals surface area (Å²) in [5.41, 5.74) is 0.412. The summed E-state index contributed by atoms with van der Waals surface area (Å²) in [6, 6.07) is 1.51. The van der Waals surface area contributed by atoms with Gasteiger partial charge in [-0.1, -0.05) is 20.8 Å². The molecular formula is C11H22N2. The van der Waals surface area contributed by atoms with Crippen molar-refractivity contribution in [1.29, 1.82) is 0 Å². The maximum absolute atomic E-state index is 3.69. The fourth-order valence-electron chi connectivity index (χ4n) is 3.00. The zero-order chi connectivity index (χ0) is 9.47. The summed E-state index contributed by atoms with van der Waals surface area (Å²) in [7, 11) is 0. The summed E-state index contributed by atoms with van der Waals surface area (Å²) in [4.78, 5) is 0. The molecule has 2 N–H and O–H groups in total. The van der Waals surface area contributed by atoms with E-state index in [1.807, 2.05) is 0 Å². The second kappa shape index (κ2) is 3.25. The molecule has 0 aliphatic carbocycles. The van der Waals surface area contributed by atoms with Crippen molar-refractivity contribution in [2.45, 2.75) is 45.7 Å². The minimum Gasteiger partial charge on any atom is -0.314 e. The second-order valence-electron chi connectivity index (χ2n) is 5.60. The minimum atomic E-state index is 0.412.